The van der Waals surface area contributed by atoms with Crippen molar-refractivity contribution in [2.45, 2.75) is 18.4 Å². The molecule has 0 aromatic heterocycles. The summed E-state index contributed by atoms with van der Waals surface area (Å²) in [6.45, 7) is 3.54. The minimum Gasteiger partial charge on any atom is -0.387 e. The summed E-state index contributed by atoms with van der Waals surface area (Å²) in [5, 5.41) is 10.0. The second kappa shape index (κ2) is 3.50. The van der Waals surface area contributed by atoms with Gasteiger partial charge in [0.2, 0.25) is 0 Å². The first-order valence-corrected chi connectivity index (χ1v) is 4.39. The van der Waals surface area contributed by atoms with Crippen LogP contribution in [-0.4, -0.2) is 41.8 Å². The fourth-order valence-corrected chi connectivity index (χ4v) is 2.38. The van der Waals surface area contributed by atoms with E-state index in [1.54, 1.807) is 0 Å². The molecule has 0 aromatic rings. The van der Waals surface area contributed by atoms with Gasteiger partial charge in [0.1, 0.15) is 0 Å². The zero-order chi connectivity index (χ0) is 7.90. The van der Waals surface area contributed by atoms with E-state index in [1.165, 1.54) is 0 Å². The molecule has 3 rings (SSSR count). The molecule has 3 nitrogen and oxygen atoms in total. The van der Waals surface area contributed by atoms with Crippen LogP contribution in [0.2, 0.25) is 0 Å². The van der Waals surface area contributed by atoms with Crippen LogP contribution in [0.4, 0.5) is 0 Å². The Hall–Kier alpha value is 0.170. The highest BCUT2D eigenvalue weighted by Gasteiger charge is 2.44. The summed E-state index contributed by atoms with van der Waals surface area (Å²) in [4.78, 5) is 2.31. The molecule has 1 atom stereocenters. The van der Waals surface area contributed by atoms with Gasteiger partial charge in [0, 0.05) is 13.1 Å². The summed E-state index contributed by atoms with van der Waals surface area (Å²) in [6, 6.07) is 0. The molecule has 3 aliphatic rings. The monoisotopic (exact) mass is 192 g/mol. The number of halogens is 1. The lowest BCUT2D eigenvalue weighted by molar-refractivity contribution is -0.104. The molecule has 0 unspecified atom stereocenters. The van der Waals surface area contributed by atoms with Crippen molar-refractivity contribution in [2.75, 3.05) is 26.2 Å². The van der Waals surface area contributed by atoms with E-state index in [-0.39, 0.29) is 12.4 Å². The van der Waals surface area contributed by atoms with Gasteiger partial charge in [0.15, 0.2) is 0 Å². The van der Waals surface area contributed by atoms with E-state index in [0.29, 0.717) is 12.5 Å². The Bertz CT molecular complexity index is 159. The van der Waals surface area contributed by atoms with Crippen LogP contribution in [0.15, 0.2) is 0 Å². The van der Waals surface area contributed by atoms with Crippen molar-refractivity contribution in [3.63, 3.8) is 0 Å². The second-order valence-electron chi connectivity index (χ2n) is 3.86. The van der Waals surface area contributed by atoms with Gasteiger partial charge >= 0.3 is 0 Å². The number of hydrogen-bond donors (Lipinski definition) is 2. The largest absolute Gasteiger partial charge is 0.387 e. The lowest BCUT2D eigenvalue weighted by Gasteiger charge is -2.49. The van der Waals surface area contributed by atoms with E-state index >= 15 is 0 Å². The van der Waals surface area contributed by atoms with Crippen LogP contribution in [-0.2, 0) is 0 Å². The third kappa shape index (κ3) is 1.46. The predicted molar refractivity (Wildman–Crippen MR) is 50.4 cm³/mol. The van der Waals surface area contributed by atoms with E-state index in [4.69, 9.17) is 5.73 Å². The molecule has 72 valence electrons. The normalized spacial score (nSPS) is 45.5. The van der Waals surface area contributed by atoms with Crippen LogP contribution >= 0.6 is 12.4 Å². The first-order valence-electron chi connectivity index (χ1n) is 4.39. The molecule has 3 saturated heterocycles. The highest BCUT2D eigenvalue weighted by atomic mass is 35.5. The fraction of sp³-hybridized carbons (Fsp3) is 1.00. The van der Waals surface area contributed by atoms with E-state index in [2.05, 4.69) is 4.90 Å². The lowest BCUT2D eigenvalue weighted by atomic mass is 9.75. The minimum atomic E-state index is -0.559. The van der Waals surface area contributed by atoms with Gasteiger partial charge in [-0.2, -0.15) is 0 Å². The molecule has 3 N–H and O–H groups in total. The predicted octanol–water partition coefficient (Wildman–Crippen LogP) is -0.176. The third-order valence-corrected chi connectivity index (χ3v) is 3.20. The van der Waals surface area contributed by atoms with E-state index in [1.807, 2.05) is 0 Å². The Morgan fingerprint density at radius 1 is 1.42 bits per heavy atom. The van der Waals surface area contributed by atoms with Crippen molar-refractivity contribution in [1.82, 2.24) is 4.90 Å². The fourth-order valence-electron chi connectivity index (χ4n) is 2.38. The molecule has 4 heteroatoms. The number of aliphatic hydroxyl groups is 1. The maximum absolute atomic E-state index is 10.0. The molecule has 0 saturated carbocycles. The lowest BCUT2D eigenvalue weighted by Crippen LogP contribution is -2.62. The van der Waals surface area contributed by atoms with Gasteiger partial charge < -0.3 is 15.7 Å². The topological polar surface area (TPSA) is 49.5 Å². The molecule has 2 bridgehead atoms. The zero-order valence-electron chi connectivity index (χ0n) is 7.20. The Kier molecular flexibility index (Phi) is 2.99. The van der Waals surface area contributed by atoms with E-state index in [0.717, 1.165) is 32.5 Å². The number of nitrogens with zero attached hydrogens (tertiary/aromatic N) is 1. The van der Waals surface area contributed by atoms with Crippen molar-refractivity contribution in [3.05, 3.63) is 0 Å². The van der Waals surface area contributed by atoms with Crippen LogP contribution in [0.1, 0.15) is 12.8 Å². The summed E-state index contributed by atoms with van der Waals surface area (Å²) >= 11 is 0. The van der Waals surface area contributed by atoms with Crippen LogP contribution in [0.3, 0.4) is 0 Å². The molecule has 0 radical (unpaired) electrons. The summed E-state index contributed by atoms with van der Waals surface area (Å²) in [5.74, 6) is 0.470. The average Bonchev–Trinajstić information content (AvgIpc) is 2.06. The molecule has 0 amide bonds. The van der Waals surface area contributed by atoms with Gasteiger partial charge in [-0.1, -0.05) is 0 Å². The molecule has 0 aromatic carbocycles. The van der Waals surface area contributed by atoms with Gasteiger partial charge in [0.05, 0.1) is 5.60 Å². The maximum atomic E-state index is 10.0. The summed E-state index contributed by atoms with van der Waals surface area (Å²) in [6.07, 6.45) is 2.27. The number of nitrogens with two attached hydrogens (primary N) is 1. The summed E-state index contributed by atoms with van der Waals surface area (Å²) in [5.41, 5.74) is 4.99. The molecule has 3 aliphatic heterocycles. The Labute approximate surface area is 79.3 Å². The van der Waals surface area contributed by atoms with Crippen molar-refractivity contribution in [2.24, 2.45) is 11.7 Å². The van der Waals surface area contributed by atoms with Crippen molar-refractivity contribution in [1.29, 1.82) is 0 Å². The Morgan fingerprint density at radius 2 is 2.00 bits per heavy atom. The van der Waals surface area contributed by atoms with Crippen LogP contribution in [0.25, 0.3) is 0 Å². The van der Waals surface area contributed by atoms with Gasteiger partial charge in [-0.25, -0.2) is 0 Å². The number of piperidine rings is 3. The molecular weight excluding hydrogens is 176 g/mol. The van der Waals surface area contributed by atoms with Crippen LogP contribution < -0.4 is 5.73 Å². The van der Waals surface area contributed by atoms with Gasteiger partial charge in [0.25, 0.3) is 0 Å². The molecule has 12 heavy (non-hydrogen) atoms. The maximum Gasteiger partial charge on any atom is 0.0924 e. The van der Waals surface area contributed by atoms with Gasteiger partial charge in [-0.15, -0.1) is 12.4 Å². The smallest absolute Gasteiger partial charge is 0.0924 e. The quantitative estimate of drug-likeness (QED) is 0.607. The molecule has 3 fully saturated rings. The summed E-state index contributed by atoms with van der Waals surface area (Å²) in [7, 11) is 0. The molecule has 3 heterocycles. The molecule has 0 spiro atoms. The van der Waals surface area contributed by atoms with Crippen molar-refractivity contribution >= 4 is 12.4 Å². The Morgan fingerprint density at radius 3 is 2.25 bits per heavy atom. The SMILES string of the molecule is Cl.NC[C@]1(O)CN2CCC1CC2. The third-order valence-electron chi connectivity index (χ3n) is 3.20. The first-order chi connectivity index (χ1) is 5.24. The van der Waals surface area contributed by atoms with Crippen LogP contribution in [0, 0.1) is 5.92 Å². The van der Waals surface area contributed by atoms with Crippen molar-refractivity contribution in [3.8, 4) is 0 Å². The second-order valence-corrected chi connectivity index (χ2v) is 3.86. The van der Waals surface area contributed by atoms with Gasteiger partial charge in [-0.05, 0) is 31.8 Å². The standard InChI is InChI=1S/C8H16N2O.ClH/c9-5-8(11)6-10-3-1-7(8)2-4-10;/h7,11H,1-6,9H2;1H/t8-;/m0./s1. The van der Waals surface area contributed by atoms with Gasteiger partial charge in [-0.3, -0.25) is 0 Å². The number of fused-ring (bicyclic) bond motifs is 3. The average molecular weight is 193 g/mol. The first kappa shape index (κ1) is 10.3. The summed E-state index contributed by atoms with van der Waals surface area (Å²) < 4.78 is 0. The zero-order valence-corrected chi connectivity index (χ0v) is 8.02. The molecule has 0 aliphatic carbocycles. The van der Waals surface area contributed by atoms with E-state index in [9.17, 15) is 5.11 Å². The number of hydrogen-bond acceptors (Lipinski definition) is 3. The van der Waals surface area contributed by atoms with Crippen molar-refractivity contribution < 1.29 is 5.11 Å². The highest BCUT2D eigenvalue weighted by molar-refractivity contribution is 5.85. The number of rotatable bonds is 1. The Balaban J connectivity index is 0.000000720. The van der Waals surface area contributed by atoms with E-state index < -0.39 is 5.60 Å². The minimum absolute atomic E-state index is 0. The highest BCUT2D eigenvalue weighted by Crippen LogP contribution is 2.34. The van der Waals surface area contributed by atoms with Crippen LogP contribution in [0.5, 0.6) is 0 Å². The molecular formula is C8H17ClN2O.